The Balaban J connectivity index is 1.40. The molecule has 4 amide bonds. The summed E-state index contributed by atoms with van der Waals surface area (Å²) in [5, 5.41) is 2.85. The second kappa shape index (κ2) is 7.27. The van der Waals surface area contributed by atoms with Crippen LogP contribution < -0.4 is 10.2 Å². The average Bonchev–Trinajstić information content (AvgIpc) is 3.25. The van der Waals surface area contributed by atoms with E-state index in [-0.39, 0.29) is 11.8 Å². The van der Waals surface area contributed by atoms with Crippen LogP contribution in [0.5, 0.6) is 0 Å². The third kappa shape index (κ3) is 3.42. The number of piperazine rings is 1. The maximum absolute atomic E-state index is 13.0. The highest BCUT2D eigenvalue weighted by atomic mass is 16.2. The Hall–Kier alpha value is -2.71. The quantitative estimate of drug-likeness (QED) is 0.760. The highest BCUT2D eigenvalue weighted by Gasteiger charge is 2.54. The third-order valence-electron chi connectivity index (χ3n) is 6.26. The van der Waals surface area contributed by atoms with Crippen LogP contribution in [-0.4, -0.2) is 75.4 Å². The van der Waals surface area contributed by atoms with Gasteiger partial charge in [0.2, 0.25) is 5.91 Å². The first kappa shape index (κ1) is 19.6. The first-order valence-corrected chi connectivity index (χ1v) is 10.3. The molecule has 1 aromatic rings. The lowest BCUT2D eigenvalue weighted by molar-refractivity contribution is -0.143. The summed E-state index contributed by atoms with van der Waals surface area (Å²) in [6, 6.07) is 0.711. The smallest absolute Gasteiger partial charge is 0.325 e. The molecule has 0 radical (unpaired) electrons. The minimum Gasteiger partial charge on any atom is -0.353 e. The Morgan fingerprint density at radius 3 is 2.38 bits per heavy atom. The van der Waals surface area contributed by atoms with E-state index in [1.807, 2.05) is 19.9 Å². The fourth-order valence-corrected chi connectivity index (χ4v) is 4.70. The van der Waals surface area contributed by atoms with E-state index < -0.39 is 17.6 Å². The van der Waals surface area contributed by atoms with Crippen LogP contribution in [-0.2, 0) is 9.59 Å². The van der Waals surface area contributed by atoms with Gasteiger partial charge >= 0.3 is 6.03 Å². The number of aromatic nitrogens is 2. The van der Waals surface area contributed by atoms with Gasteiger partial charge in [0, 0.05) is 37.9 Å². The molecule has 1 N–H and O–H groups in total. The minimum absolute atomic E-state index is 0.182. The van der Waals surface area contributed by atoms with E-state index in [4.69, 9.17) is 0 Å². The van der Waals surface area contributed by atoms with E-state index in [0.717, 1.165) is 35.1 Å². The van der Waals surface area contributed by atoms with Crippen molar-refractivity contribution in [1.82, 2.24) is 25.1 Å². The molecule has 1 atom stereocenters. The van der Waals surface area contributed by atoms with Crippen molar-refractivity contribution in [3.8, 4) is 0 Å². The number of imide groups is 1. The summed E-state index contributed by atoms with van der Waals surface area (Å²) in [7, 11) is 0. The van der Waals surface area contributed by atoms with Crippen LogP contribution in [0.2, 0.25) is 0 Å². The summed E-state index contributed by atoms with van der Waals surface area (Å²) in [4.78, 5) is 52.2. The summed E-state index contributed by atoms with van der Waals surface area (Å²) in [5.74, 6) is 1.17. The number of hydrogen-bond donors (Lipinski definition) is 1. The SMILES string of the molecule is Cc1cc(N2CCN(C(=O)C(C)N3C(=O)NC4(CCCC4)C3=O)CC2)nc(C)n1. The number of rotatable bonds is 3. The van der Waals surface area contributed by atoms with E-state index in [2.05, 4.69) is 20.2 Å². The van der Waals surface area contributed by atoms with Crippen LogP contribution >= 0.6 is 0 Å². The molecule has 1 aliphatic carbocycles. The largest absolute Gasteiger partial charge is 0.353 e. The van der Waals surface area contributed by atoms with Gasteiger partial charge in [-0.2, -0.15) is 0 Å². The standard InChI is InChI=1S/C20H28N6O3/c1-13-12-16(22-15(3)21-13)24-8-10-25(11-9-24)17(27)14(2)26-18(28)20(23-19(26)29)6-4-5-7-20/h12,14H,4-11H2,1-3H3,(H,23,29). The molecular weight excluding hydrogens is 372 g/mol. The molecule has 9 nitrogen and oxygen atoms in total. The van der Waals surface area contributed by atoms with E-state index in [1.54, 1.807) is 11.8 Å². The molecule has 3 aliphatic rings. The van der Waals surface area contributed by atoms with Crippen LogP contribution in [0.4, 0.5) is 10.6 Å². The van der Waals surface area contributed by atoms with Crippen molar-refractivity contribution in [1.29, 1.82) is 0 Å². The number of hydrogen-bond acceptors (Lipinski definition) is 6. The zero-order chi connectivity index (χ0) is 20.8. The number of urea groups is 1. The molecule has 29 heavy (non-hydrogen) atoms. The number of nitrogens with zero attached hydrogens (tertiary/aromatic N) is 5. The minimum atomic E-state index is -0.794. The Morgan fingerprint density at radius 2 is 1.76 bits per heavy atom. The maximum atomic E-state index is 13.0. The summed E-state index contributed by atoms with van der Waals surface area (Å²) in [5.41, 5.74) is 0.131. The highest BCUT2D eigenvalue weighted by molar-refractivity contribution is 6.10. The molecular formula is C20H28N6O3. The van der Waals surface area contributed by atoms with Gasteiger partial charge in [0.15, 0.2) is 0 Å². The van der Waals surface area contributed by atoms with Gasteiger partial charge in [-0.3, -0.25) is 9.59 Å². The Labute approximate surface area is 170 Å². The van der Waals surface area contributed by atoms with Crippen molar-refractivity contribution >= 4 is 23.7 Å². The fourth-order valence-electron chi connectivity index (χ4n) is 4.70. The number of amides is 4. The van der Waals surface area contributed by atoms with Gasteiger partial charge in [0.1, 0.15) is 23.2 Å². The number of aryl methyl sites for hydroxylation is 2. The van der Waals surface area contributed by atoms with E-state index in [0.29, 0.717) is 39.0 Å². The van der Waals surface area contributed by atoms with Gasteiger partial charge in [-0.1, -0.05) is 12.8 Å². The van der Waals surface area contributed by atoms with E-state index in [9.17, 15) is 14.4 Å². The molecule has 4 rings (SSSR count). The monoisotopic (exact) mass is 400 g/mol. The van der Waals surface area contributed by atoms with Crippen LogP contribution in [0.15, 0.2) is 6.07 Å². The van der Waals surface area contributed by atoms with Gasteiger partial charge in [-0.15, -0.1) is 0 Å². The van der Waals surface area contributed by atoms with Crippen LogP contribution in [0.25, 0.3) is 0 Å². The second-order valence-electron chi connectivity index (χ2n) is 8.30. The molecule has 0 bridgehead atoms. The fraction of sp³-hybridized carbons (Fsp3) is 0.650. The van der Waals surface area contributed by atoms with Gasteiger partial charge in [0.05, 0.1) is 0 Å². The number of anilines is 1. The van der Waals surface area contributed by atoms with Crippen LogP contribution in [0, 0.1) is 13.8 Å². The number of carbonyl (C=O) groups is 3. The third-order valence-corrected chi connectivity index (χ3v) is 6.26. The molecule has 1 aromatic heterocycles. The molecule has 2 saturated heterocycles. The van der Waals surface area contributed by atoms with Gasteiger partial charge in [-0.25, -0.2) is 19.7 Å². The van der Waals surface area contributed by atoms with Gasteiger partial charge < -0.3 is 15.1 Å². The number of nitrogens with one attached hydrogen (secondary N) is 1. The van der Waals surface area contributed by atoms with Gasteiger partial charge in [0.25, 0.3) is 5.91 Å². The zero-order valence-electron chi connectivity index (χ0n) is 17.3. The van der Waals surface area contributed by atoms with E-state index in [1.165, 1.54) is 0 Å². The highest BCUT2D eigenvalue weighted by Crippen LogP contribution is 2.36. The molecule has 1 unspecified atom stereocenters. The predicted molar refractivity (Wildman–Crippen MR) is 106 cm³/mol. The summed E-state index contributed by atoms with van der Waals surface area (Å²) in [6.07, 6.45) is 3.16. The summed E-state index contributed by atoms with van der Waals surface area (Å²) in [6.45, 7) is 7.82. The van der Waals surface area contributed by atoms with E-state index >= 15 is 0 Å². The molecule has 1 spiro atoms. The Morgan fingerprint density at radius 1 is 1.10 bits per heavy atom. The van der Waals surface area contributed by atoms with Crippen LogP contribution in [0.3, 0.4) is 0 Å². The van der Waals surface area contributed by atoms with Gasteiger partial charge in [-0.05, 0) is 33.6 Å². The summed E-state index contributed by atoms with van der Waals surface area (Å²) < 4.78 is 0. The molecule has 156 valence electrons. The first-order valence-electron chi connectivity index (χ1n) is 10.3. The van der Waals surface area contributed by atoms with Crippen molar-refractivity contribution in [2.45, 2.75) is 58.0 Å². The molecule has 2 aliphatic heterocycles. The Kier molecular flexibility index (Phi) is 4.92. The van der Waals surface area contributed by atoms with Crippen molar-refractivity contribution in [3.05, 3.63) is 17.6 Å². The van der Waals surface area contributed by atoms with Crippen molar-refractivity contribution in [2.24, 2.45) is 0 Å². The van der Waals surface area contributed by atoms with Crippen molar-refractivity contribution in [2.75, 3.05) is 31.1 Å². The molecule has 0 aromatic carbocycles. The lowest BCUT2D eigenvalue weighted by Gasteiger charge is -2.37. The normalized spacial score (nSPS) is 22.4. The maximum Gasteiger partial charge on any atom is 0.325 e. The number of carbonyl (C=O) groups excluding carboxylic acids is 3. The topological polar surface area (TPSA) is 98.7 Å². The molecule has 3 fully saturated rings. The first-order chi connectivity index (χ1) is 13.8. The zero-order valence-corrected chi connectivity index (χ0v) is 17.3. The molecule has 9 heteroatoms. The second-order valence-corrected chi connectivity index (χ2v) is 8.30. The summed E-state index contributed by atoms with van der Waals surface area (Å²) >= 11 is 0. The lowest BCUT2D eigenvalue weighted by atomic mass is 9.97. The van der Waals surface area contributed by atoms with Crippen molar-refractivity contribution < 1.29 is 14.4 Å². The predicted octanol–water partition coefficient (Wildman–Crippen LogP) is 0.995. The molecule has 1 saturated carbocycles. The van der Waals surface area contributed by atoms with Crippen molar-refractivity contribution in [3.63, 3.8) is 0 Å². The van der Waals surface area contributed by atoms with Crippen LogP contribution in [0.1, 0.15) is 44.1 Å². The molecule has 3 heterocycles. The Bertz CT molecular complexity index is 822. The lowest BCUT2D eigenvalue weighted by Crippen LogP contribution is -2.56. The average molecular weight is 400 g/mol.